The van der Waals surface area contributed by atoms with Crippen LogP contribution in [0.2, 0.25) is 0 Å². The number of hydrogen-bond acceptors (Lipinski definition) is 3. The first-order valence-electron chi connectivity index (χ1n) is 6.07. The molecular weight excluding hydrogens is 202 g/mol. The van der Waals surface area contributed by atoms with Crippen LogP contribution in [0.3, 0.4) is 0 Å². The van der Waals surface area contributed by atoms with Gasteiger partial charge in [0, 0.05) is 12.1 Å². The minimum absolute atomic E-state index is 0.425. The van der Waals surface area contributed by atoms with E-state index in [0.29, 0.717) is 12.1 Å². The minimum Gasteiger partial charge on any atom is -0.353 e. The SMILES string of the molecule is CC(CN=C(NN)NC1CCCC1)N(C)C. The number of rotatable bonds is 4. The van der Waals surface area contributed by atoms with Crippen LogP contribution in [0.1, 0.15) is 32.6 Å². The van der Waals surface area contributed by atoms with Crippen LogP contribution in [0.15, 0.2) is 4.99 Å². The Balaban J connectivity index is 2.36. The van der Waals surface area contributed by atoms with E-state index in [1.165, 1.54) is 25.7 Å². The summed E-state index contributed by atoms with van der Waals surface area (Å²) in [5.41, 5.74) is 2.64. The molecule has 1 unspecified atom stereocenters. The topological polar surface area (TPSA) is 65.7 Å². The second-order valence-electron chi connectivity index (χ2n) is 4.77. The lowest BCUT2D eigenvalue weighted by molar-refractivity contribution is 0.320. The van der Waals surface area contributed by atoms with Gasteiger partial charge in [-0.15, -0.1) is 0 Å². The predicted molar refractivity (Wildman–Crippen MR) is 68.2 cm³/mol. The Morgan fingerprint density at radius 2 is 2.06 bits per heavy atom. The molecule has 16 heavy (non-hydrogen) atoms. The quantitative estimate of drug-likeness (QED) is 0.279. The standard InChI is InChI=1S/C11H25N5/c1-9(16(2)3)8-13-11(15-12)14-10-6-4-5-7-10/h9-10H,4-8,12H2,1-3H3,(H2,13,14,15). The molecule has 0 saturated heterocycles. The van der Waals surface area contributed by atoms with Crippen molar-refractivity contribution in [1.82, 2.24) is 15.6 Å². The van der Waals surface area contributed by atoms with Crippen molar-refractivity contribution >= 4 is 5.96 Å². The fourth-order valence-corrected chi connectivity index (χ4v) is 1.78. The fourth-order valence-electron chi connectivity index (χ4n) is 1.78. The molecule has 0 aromatic heterocycles. The van der Waals surface area contributed by atoms with Gasteiger partial charge in [0.05, 0.1) is 6.54 Å². The van der Waals surface area contributed by atoms with E-state index in [-0.39, 0.29) is 0 Å². The average molecular weight is 227 g/mol. The van der Waals surface area contributed by atoms with Crippen LogP contribution in [-0.4, -0.2) is 43.6 Å². The van der Waals surface area contributed by atoms with Crippen LogP contribution in [-0.2, 0) is 0 Å². The second kappa shape index (κ2) is 6.70. The van der Waals surface area contributed by atoms with E-state index in [1.54, 1.807) is 0 Å². The number of guanidine groups is 1. The molecule has 0 bridgehead atoms. The summed E-state index contributed by atoms with van der Waals surface area (Å²) in [5.74, 6) is 6.18. The van der Waals surface area contributed by atoms with E-state index in [0.717, 1.165) is 12.5 Å². The zero-order valence-electron chi connectivity index (χ0n) is 10.7. The smallest absolute Gasteiger partial charge is 0.206 e. The first-order valence-corrected chi connectivity index (χ1v) is 6.07. The third-order valence-electron chi connectivity index (χ3n) is 3.23. The molecule has 0 heterocycles. The van der Waals surface area contributed by atoms with Gasteiger partial charge in [-0.2, -0.15) is 0 Å². The van der Waals surface area contributed by atoms with E-state index >= 15 is 0 Å². The van der Waals surface area contributed by atoms with Crippen molar-refractivity contribution in [3.63, 3.8) is 0 Å². The Morgan fingerprint density at radius 3 is 2.56 bits per heavy atom. The second-order valence-corrected chi connectivity index (χ2v) is 4.77. The van der Waals surface area contributed by atoms with Crippen LogP contribution < -0.4 is 16.6 Å². The van der Waals surface area contributed by atoms with Crippen molar-refractivity contribution in [1.29, 1.82) is 0 Å². The predicted octanol–water partition coefficient (Wildman–Crippen LogP) is 0.288. The summed E-state index contributed by atoms with van der Waals surface area (Å²) in [6, 6.07) is 0.971. The van der Waals surface area contributed by atoms with Crippen LogP contribution >= 0.6 is 0 Å². The van der Waals surface area contributed by atoms with Crippen molar-refractivity contribution in [3.8, 4) is 0 Å². The summed E-state index contributed by atoms with van der Waals surface area (Å²) in [6.45, 7) is 2.90. The molecule has 1 aliphatic carbocycles. The molecule has 0 radical (unpaired) electrons. The lowest BCUT2D eigenvalue weighted by Gasteiger charge is -2.19. The zero-order valence-corrected chi connectivity index (χ0v) is 10.7. The summed E-state index contributed by atoms with van der Waals surface area (Å²) in [6.07, 6.45) is 5.07. The highest BCUT2D eigenvalue weighted by Crippen LogP contribution is 2.17. The maximum absolute atomic E-state index is 5.46. The molecule has 1 aliphatic rings. The number of likely N-dealkylation sites (N-methyl/N-ethyl adjacent to an activating group) is 1. The average Bonchev–Trinajstić information content (AvgIpc) is 2.76. The number of aliphatic imine (C=N–C) groups is 1. The highest BCUT2D eigenvalue weighted by molar-refractivity contribution is 5.79. The number of hydrazine groups is 1. The number of nitrogens with one attached hydrogen (secondary N) is 2. The van der Waals surface area contributed by atoms with Crippen LogP contribution in [0.25, 0.3) is 0 Å². The number of hydrogen-bond donors (Lipinski definition) is 3. The maximum atomic E-state index is 5.46. The monoisotopic (exact) mass is 227 g/mol. The van der Waals surface area contributed by atoms with E-state index in [2.05, 4.69) is 41.7 Å². The zero-order chi connectivity index (χ0) is 12.0. The van der Waals surface area contributed by atoms with Gasteiger partial charge in [0.15, 0.2) is 0 Å². The van der Waals surface area contributed by atoms with E-state index in [9.17, 15) is 0 Å². The molecular formula is C11H25N5. The van der Waals surface area contributed by atoms with Crippen LogP contribution in [0, 0.1) is 0 Å². The molecule has 0 spiro atoms. The highest BCUT2D eigenvalue weighted by Gasteiger charge is 2.15. The van der Waals surface area contributed by atoms with Crippen molar-refractivity contribution in [2.75, 3.05) is 20.6 Å². The van der Waals surface area contributed by atoms with Gasteiger partial charge in [-0.1, -0.05) is 12.8 Å². The molecule has 4 N–H and O–H groups in total. The largest absolute Gasteiger partial charge is 0.353 e. The summed E-state index contributed by atoms with van der Waals surface area (Å²) >= 11 is 0. The third kappa shape index (κ3) is 4.37. The Kier molecular flexibility index (Phi) is 5.55. The molecule has 1 fully saturated rings. The fraction of sp³-hybridized carbons (Fsp3) is 0.909. The van der Waals surface area contributed by atoms with Gasteiger partial charge in [-0.05, 0) is 33.9 Å². The first-order chi connectivity index (χ1) is 7.63. The summed E-state index contributed by atoms with van der Waals surface area (Å²) in [4.78, 5) is 6.60. The van der Waals surface area contributed by atoms with Crippen molar-refractivity contribution in [2.24, 2.45) is 10.8 Å². The van der Waals surface area contributed by atoms with E-state index in [4.69, 9.17) is 5.84 Å². The summed E-state index contributed by atoms with van der Waals surface area (Å²) in [5, 5.41) is 3.36. The molecule has 0 aliphatic heterocycles. The van der Waals surface area contributed by atoms with Gasteiger partial charge in [0.25, 0.3) is 0 Å². The normalized spacial score (nSPS) is 20.2. The Labute approximate surface area is 98.4 Å². The van der Waals surface area contributed by atoms with Crippen molar-refractivity contribution < 1.29 is 0 Å². The van der Waals surface area contributed by atoms with Crippen LogP contribution in [0.4, 0.5) is 0 Å². The number of nitrogens with zero attached hydrogens (tertiary/aromatic N) is 2. The summed E-state index contributed by atoms with van der Waals surface area (Å²) in [7, 11) is 4.11. The van der Waals surface area contributed by atoms with Gasteiger partial charge in [0.2, 0.25) is 5.96 Å². The minimum atomic E-state index is 0.425. The Bertz CT molecular complexity index is 220. The molecule has 0 aromatic carbocycles. The molecule has 1 rings (SSSR count). The molecule has 5 nitrogen and oxygen atoms in total. The molecule has 94 valence electrons. The van der Waals surface area contributed by atoms with E-state index in [1.807, 2.05) is 0 Å². The van der Waals surface area contributed by atoms with Gasteiger partial charge in [0.1, 0.15) is 0 Å². The van der Waals surface area contributed by atoms with Crippen LogP contribution in [0.5, 0.6) is 0 Å². The van der Waals surface area contributed by atoms with Crippen molar-refractivity contribution in [2.45, 2.75) is 44.7 Å². The van der Waals surface area contributed by atoms with Crippen molar-refractivity contribution in [3.05, 3.63) is 0 Å². The number of nitrogens with two attached hydrogens (primary N) is 1. The van der Waals surface area contributed by atoms with Gasteiger partial charge >= 0.3 is 0 Å². The molecule has 1 atom stereocenters. The van der Waals surface area contributed by atoms with E-state index < -0.39 is 0 Å². The lowest BCUT2D eigenvalue weighted by atomic mass is 10.2. The Hall–Kier alpha value is -0.810. The van der Waals surface area contributed by atoms with Gasteiger partial charge < -0.3 is 10.2 Å². The molecule has 5 heteroatoms. The first kappa shape index (κ1) is 13.3. The highest BCUT2D eigenvalue weighted by atomic mass is 15.3. The Morgan fingerprint density at radius 1 is 1.44 bits per heavy atom. The molecule has 1 saturated carbocycles. The van der Waals surface area contributed by atoms with Gasteiger partial charge in [-0.25, -0.2) is 5.84 Å². The van der Waals surface area contributed by atoms with Gasteiger partial charge in [-0.3, -0.25) is 10.4 Å². The maximum Gasteiger partial charge on any atom is 0.206 e. The lowest BCUT2D eigenvalue weighted by Crippen LogP contribution is -2.46. The molecule has 0 aromatic rings. The molecule has 0 amide bonds. The third-order valence-corrected chi connectivity index (χ3v) is 3.23. The summed E-state index contributed by atoms with van der Waals surface area (Å²) < 4.78 is 0.